The summed E-state index contributed by atoms with van der Waals surface area (Å²) < 4.78 is -0.782. The van der Waals surface area contributed by atoms with Gasteiger partial charge in [-0.05, 0) is 6.42 Å². The van der Waals surface area contributed by atoms with Gasteiger partial charge in [0.05, 0.1) is 0 Å². The molecule has 1 saturated carbocycles. The zero-order chi connectivity index (χ0) is 10.3. The molecule has 2 unspecified atom stereocenters. The second-order valence-corrected chi connectivity index (χ2v) is 6.65. The van der Waals surface area contributed by atoms with Crippen LogP contribution in [-0.2, 0) is 4.79 Å². The number of aliphatic hydroxyl groups excluding tert-OH is 1. The van der Waals surface area contributed by atoms with Crippen LogP contribution in [0.3, 0.4) is 0 Å². The summed E-state index contributed by atoms with van der Waals surface area (Å²) in [5.74, 6) is -0.847. The van der Waals surface area contributed by atoms with E-state index in [-0.39, 0.29) is 17.3 Å². The topological polar surface area (TPSA) is 57.5 Å². The molecule has 1 aliphatic carbocycles. The summed E-state index contributed by atoms with van der Waals surface area (Å²) >= 11 is 1.45. The van der Waals surface area contributed by atoms with Crippen LogP contribution >= 0.6 is 11.8 Å². The molecular weight excluding hydrogens is 188 g/mol. The number of carboxylic acids is 1. The smallest absolute Gasteiger partial charge is 0.320 e. The molecule has 0 aromatic rings. The van der Waals surface area contributed by atoms with Gasteiger partial charge in [0, 0.05) is 17.3 Å². The van der Waals surface area contributed by atoms with Gasteiger partial charge >= 0.3 is 5.97 Å². The molecular formula is C9H16O3S. The fourth-order valence-corrected chi connectivity index (χ4v) is 3.20. The molecule has 13 heavy (non-hydrogen) atoms. The van der Waals surface area contributed by atoms with Crippen molar-refractivity contribution >= 4 is 17.7 Å². The van der Waals surface area contributed by atoms with E-state index in [1.54, 1.807) is 0 Å². The number of aliphatic carboxylic acids is 1. The van der Waals surface area contributed by atoms with Crippen molar-refractivity contribution < 1.29 is 15.0 Å². The third-order valence-electron chi connectivity index (χ3n) is 2.12. The monoisotopic (exact) mass is 204 g/mol. The van der Waals surface area contributed by atoms with Crippen molar-refractivity contribution in [3.8, 4) is 0 Å². The Labute approximate surface area is 82.5 Å². The predicted octanol–water partition coefficient (Wildman–Crippen LogP) is 1.35. The van der Waals surface area contributed by atoms with Gasteiger partial charge in [0.25, 0.3) is 0 Å². The molecule has 1 fully saturated rings. The molecule has 2 atom stereocenters. The highest BCUT2D eigenvalue weighted by molar-refractivity contribution is 8.03. The zero-order valence-corrected chi connectivity index (χ0v) is 9.02. The van der Waals surface area contributed by atoms with Gasteiger partial charge in [-0.15, -0.1) is 11.8 Å². The number of rotatable bonds is 3. The number of thioether (sulfide) groups is 1. The van der Waals surface area contributed by atoms with Crippen molar-refractivity contribution in [3.63, 3.8) is 0 Å². The first-order valence-electron chi connectivity index (χ1n) is 4.36. The predicted molar refractivity (Wildman–Crippen MR) is 52.9 cm³/mol. The standard InChI is InChI=1S/C9H16O3S/c1-8(2,3)13-9(7(11)12)4-6(9)5-10/h6,10H,4-5H2,1-3H3,(H,11,12). The number of carbonyl (C=O) groups is 1. The lowest BCUT2D eigenvalue weighted by Gasteiger charge is -2.23. The minimum Gasteiger partial charge on any atom is -0.480 e. The van der Waals surface area contributed by atoms with E-state index in [2.05, 4.69) is 0 Å². The molecule has 0 saturated heterocycles. The molecule has 0 bridgehead atoms. The van der Waals surface area contributed by atoms with E-state index in [4.69, 9.17) is 10.2 Å². The highest BCUT2D eigenvalue weighted by atomic mass is 32.2. The largest absolute Gasteiger partial charge is 0.480 e. The molecule has 76 valence electrons. The Morgan fingerprint density at radius 1 is 1.62 bits per heavy atom. The average molecular weight is 204 g/mol. The molecule has 1 rings (SSSR count). The van der Waals surface area contributed by atoms with Crippen molar-refractivity contribution in [1.29, 1.82) is 0 Å². The molecule has 0 radical (unpaired) electrons. The lowest BCUT2D eigenvalue weighted by molar-refractivity contribution is -0.137. The Bertz CT molecular complexity index is 221. The number of hydrogen-bond donors (Lipinski definition) is 2. The highest BCUT2D eigenvalue weighted by Gasteiger charge is 2.62. The van der Waals surface area contributed by atoms with E-state index >= 15 is 0 Å². The van der Waals surface area contributed by atoms with Gasteiger partial charge < -0.3 is 10.2 Å². The van der Waals surface area contributed by atoms with Gasteiger partial charge in [-0.1, -0.05) is 20.8 Å². The van der Waals surface area contributed by atoms with Crippen molar-refractivity contribution in [1.82, 2.24) is 0 Å². The summed E-state index contributed by atoms with van der Waals surface area (Å²) in [6.07, 6.45) is 0.598. The van der Waals surface area contributed by atoms with E-state index in [0.29, 0.717) is 6.42 Å². The first kappa shape index (κ1) is 10.9. The van der Waals surface area contributed by atoms with Crippen LogP contribution in [0.25, 0.3) is 0 Å². The van der Waals surface area contributed by atoms with Gasteiger partial charge in [-0.25, -0.2) is 0 Å². The minimum absolute atomic E-state index is 0.0185. The molecule has 0 heterocycles. The quantitative estimate of drug-likeness (QED) is 0.728. The summed E-state index contributed by atoms with van der Waals surface area (Å²) in [6, 6.07) is 0. The lowest BCUT2D eigenvalue weighted by Crippen LogP contribution is -2.27. The third-order valence-corrected chi connectivity index (χ3v) is 3.77. The Morgan fingerprint density at radius 3 is 2.38 bits per heavy atom. The summed E-state index contributed by atoms with van der Waals surface area (Å²) in [6.45, 7) is 5.97. The molecule has 3 nitrogen and oxygen atoms in total. The number of carboxylic acid groups (broad SMARTS) is 1. The zero-order valence-electron chi connectivity index (χ0n) is 8.20. The van der Waals surface area contributed by atoms with E-state index < -0.39 is 10.7 Å². The van der Waals surface area contributed by atoms with E-state index in [0.717, 1.165) is 0 Å². The normalized spacial score (nSPS) is 33.1. The van der Waals surface area contributed by atoms with Crippen molar-refractivity contribution in [2.75, 3.05) is 6.61 Å². The van der Waals surface area contributed by atoms with Crippen LogP contribution in [0.2, 0.25) is 0 Å². The van der Waals surface area contributed by atoms with Crippen molar-refractivity contribution in [2.45, 2.75) is 36.7 Å². The third kappa shape index (κ3) is 2.17. The first-order chi connectivity index (χ1) is 5.82. The molecule has 0 amide bonds. The van der Waals surface area contributed by atoms with Crippen LogP contribution in [0.15, 0.2) is 0 Å². The highest BCUT2D eigenvalue weighted by Crippen LogP contribution is 2.57. The molecule has 0 aliphatic heterocycles. The molecule has 1 aliphatic rings. The maximum Gasteiger partial charge on any atom is 0.320 e. The van der Waals surface area contributed by atoms with Crippen LogP contribution in [0, 0.1) is 5.92 Å². The van der Waals surface area contributed by atoms with Crippen molar-refractivity contribution in [2.24, 2.45) is 5.92 Å². The van der Waals surface area contributed by atoms with Gasteiger partial charge in [0.15, 0.2) is 0 Å². The Balaban J connectivity index is 2.68. The lowest BCUT2D eigenvalue weighted by atomic mass is 10.2. The van der Waals surface area contributed by atoms with Gasteiger partial charge in [0.2, 0.25) is 0 Å². The van der Waals surface area contributed by atoms with Crippen LogP contribution in [0.4, 0.5) is 0 Å². The second-order valence-electron chi connectivity index (χ2n) is 4.49. The fourth-order valence-electron chi connectivity index (χ4n) is 1.50. The average Bonchev–Trinajstić information content (AvgIpc) is 2.60. The SMILES string of the molecule is CC(C)(C)SC1(C(=O)O)CC1CO. The molecule has 4 heteroatoms. The van der Waals surface area contributed by atoms with E-state index in [9.17, 15) is 4.79 Å². The molecule has 2 N–H and O–H groups in total. The maximum absolute atomic E-state index is 11.0. The van der Waals surface area contributed by atoms with Crippen LogP contribution in [0.1, 0.15) is 27.2 Å². The summed E-state index contributed by atoms with van der Waals surface area (Å²) in [4.78, 5) is 11.0. The Morgan fingerprint density at radius 2 is 2.15 bits per heavy atom. The van der Waals surface area contributed by atoms with E-state index in [1.165, 1.54) is 11.8 Å². The minimum atomic E-state index is -0.786. The summed E-state index contributed by atoms with van der Waals surface area (Å²) in [7, 11) is 0. The molecule has 0 spiro atoms. The maximum atomic E-state index is 11.0. The number of aliphatic hydroxyl groups is 1. The molecule has 0 aromatic heterocycles. The fraction of sp³-hybridized carbons (Fsp3) is 0.889. The number of hydrogen-bond acceptors (Lipinski definition) is 3. The first-order valence-corrected chi connectivity index (χ1v) is 5.18. The van der Waals surface area contributed by atoms with Gasteiger partial charge in [-0.2, -0.15) is 0 Å². The summed E-state index contributed by atoms with van der Waals surface area (Å²) in [5.41, 5.74) is 0. The van der Waals surface area contributed by atoms with Gasteiger partial charge in [0.1, 0.15) is 4.75 Å². The van der Waals surface area contributed by atoms with Crippen LogP contribution in [-0.4, -0.2) is 32.3 Å². The molecule has 0 aromatic carbocycles. The van der Waals surface area contributed by atoms with Gasteiger partial charge in [-0.3, -0.25) is 4.79 Å². The summed E-state index contributed by atoms with van der Waals surface area (Å²) in [5, 5.41) is 17.9. The van der Waals surface area contributed by atoms with E-state index in [1.807, 2.05) is 20.8 Å². The van der Waals surface area contributed by atoms with Crippen molar-refractivity contribution in [3.05, 3.63) is 0 Å². The Hall–Kier alpha value is -0.220. The second kappa shape index (κ2) is 3.17. The Kier molecular flexibility index (Phi) is 2.65. The van der Waals surface area contributed by atoms with Crippen LogP contribution in [0.5, 0.6) is 0 Å². The van der Waals surface area contributed by atoms with Crippen LogP contribution < -0.4 is 0 Å².